The quantitative estimate of drug-likeness (QED) is 0.330. The van der Waals surface area contributed by atoms with E-state index in [9.17, 15) is 4.79 Å². The minimum atomic E-state index is -0.153. The molecule has 4 aromatic heterocycles. The van der Waals surface area contributed by atoms with E-state index in [1.165, 1.54) is 11.6 Å². The van der Waals surface area contributed by atoms with E-state index in [-0.39, 0.29) is 5.56 Å². The molecule has 38 heavy (non-hydrogen) atoms. The van der Waals surface area contributed by atoms with Gasteiger partial charge in [-0.25, -0.2) is 15.0 Å². The lowest BCUT2D eigenvalue weighted by Crippen LogP contribution is -2.42. The SMILES string of the molecule is CC.Nc1ncccc1-c1nc2ccc(-c3ccc(=O)[nH]c3)nc2n1-c1ccc(CN2CCNCC2)cc1. The van der Waals surface area contributed by atoms with Crippen molar-refractivity contribution in [3.63, 3.8) is 0 Å². The first-order valence-corrected chi connectivity index (χ1v) is 13.0. The molecule has 0 amide bonds. The molecule has 1 aromatic carbocycles. The van der Waals surface area contributed by atoms with Crippen LogP contribution in [0.25, 0.3) is 39.5 Å². The number of nitrogens with two attached hydrogens (primary N) is 1. The molecule has 0 unspecified atom stereocenters. The molecule has 5 aromatic rings. The molecule has 0 radical (unpaired) electrons. The van der Waals surface area contributed by atoms with E-state index in [0.717, 1.165) is 60.7 Å². The number of benzene rings is 1. The van der Waals surface area contributed by atoms with E-state index in [0.29, 0.717) is 17.3 Å². The summed E-state index contributed by atoms with van der Waals surface area (Å²) in [7, 11) is 0. The third-order valence-corrected chi connectivity index (χ3v) is 6.47. The summed E-state index contributed by atoms with van der Waals surface area (Å²) in [5.41, 5.74) is 12.0. The Kier molecular flexibility index (Phi) is 7.57. The van der Waals surface area contributed by atoms with Crippen LogP contribution in [0.15, 0.2) is 77.9 Å². The highest BCUT2D eigenvalue weighted by molar-refractivity contribution is 5.84. The van der Waals surface area contributed by atoms with Crippen molar-refractivity contribution in [3.05, 3.63) is 89.0 Å². The second-order valence-electron chi connectivity index (χ2n) is 8.88. The van der Waals surface area contributed by atoms with E-state index < -0.39 is 0 Å². The highest BCUT2D eigenvalue weighted by Crippen LogP contribution is 2.31. The fraction of sp³-hybridized carbons (Fsp3) is 0.241. The molecule has 0 atom stereocenters. The van der Waals surface area contributed by atoms with Gasteiger partial charge in [-0.2, -0.15) is 0 Å². The van der Waals surface area contributed by atoms with Gasteiger partial charge in [-0.1, -0.05) is 26.0 Å². The molecular formula is C29H32N8O. The summed E-state index contributed by atoms with van der Waals surface area (Å²) in [6, 6.07) is 19.4. The van der Waals surface area contributed by atoms with Crippen LogP contribution in [0.4, 0.5) is 5.82 Å². The van der Waals surface area contributed by atoms with Crippen molar-refractivity contribution in [2.45, 2.75) is 20.4 Å². The normalized spacial score (nSPS) is 13.7. The molecule has 1 fully saturated rings. The summed E-state index contributed by atoms with van der Waals surface area (Å²) in [5, 5.41) is 3.40. The number of nitrogens with zero attached hydrogens (tertiary/aromatic N) is 5. The van der Waals surface area contributed by atoms with Crippen LogP contribution in [0.5, 0.6) is 0 Å². The number of pyridine rings is 3. The lowest BCUT2D eigenvalue weighted by atomic mass is 10.1. The van der Waals surface area contributed by atoms with E-state index >= 15 is 0 Å². The number of anilines is 1. The lowest BCUT2D eigenvalue weighted by Gasteiger charge is -2.27. The van der Waals surface area contributed by atoms with E-state index in [1.54, 1.807) is 18.5 Å². The van der Waals surface area contributed by atoms with Crippen LogP contribution in [0, 0.1) is 0 Å². The molecule has 9 heteroatoms. The van der Waals surface area contributed by atoms with Gasteiger partial charge in [0.15, 0.2) is 11.5 Å². The summed E-state index contributed by atoms with van der Waals surface area (Å²) >= 11 is 0. The van der Waals surface area contributed by atoms with Crippen LogP contribution in [0.3, 0.4) is 0 Å². The van der Waals surface area contributed by atoms with Gasteiger partial charge in [-0.3, -0.25) is 14.3 Å². The maximum Gasteiger partial charge on any atom is 0.247 e. The summed E-state index contributed by atoms with van der Waals surface area (Å²) in [4.78, 5) is 30.8. The Bertz CT molecular complexity index is 1560. The Balaban J connectivity index is 0.00000144. The summed E-state index contributed by atoms with van der Waals surface area (Å²) in [5.74, 6) is 1.09. The van der Waals surface area contributed by atoms with Crippen molar-refractivity contribution >= 4 is 17.0 Å². The molecule has 0 bridgehead atoms. The van der Waals surface area contributed by atoms with Gasteiger partial charge in [0, 0.05) is 62.4 Å². The number of piperazine rings is 1. The molecular weight excluding hydrogens is 476 g/mol. The zero-order valence-corrected chi connectivity index (χ0v) is 21.7. The number of nitrogen functional groups attached to an aromatic ring is 1. The van der Waals surface area contributed by atoms with Gasteiger partial charge in [0.05, 0.1) is 11.3 Å². The van der Waals surface area contributed by atoms with E-state index in [4.69, 9.17) is 15.7 Å². The average molecular weight is 509 g/mol. The van der Waals surface area contributed by atoms with Crippen LogP contribution in [-0.4, -0.2) is 55.6 Å². The highest BCUT2D eigenvalue weighted by Gasteiger charge is 2.19. The predicted octanol–water partition coefficient (Wildman–Crippen LogP) is 3.85. The monoisotopic (exact) mass is 508 g/mol. The number of rotatable bonds is 5. The van der Waals surface area contributed by atoms with Crippen molar-refractivity contribution < 1.29 is 0 Å². The number of imidazole rings is 1. The number of H-pyrrole nitrogens is 1. The van der Waals surface area contributed by atoms with Crippen LogP contribution in [0.2, 0.25) is 0 Å². The lowest BCUT2D eigenvalue weighted by molar-refractivity contribution is 0.233. The van der Waals surface area contributed by atoms with Crippen molar-refractivity contribution in [3.8, 4) is 28.3 Å². The van der Waals surface area contributed by atoms with Gasteiger partial charge in [0.1, 0.15) is 11.3 Å². The Morgan fingerprint density at radius 2 is 1.74 bits per heavy atom. The van der Waals surface area contributed by atoms with Crippen LogP contribution in [-0.2, 0) is 6.54 Å². The van der Waals surface area contributed by atoms with Crippen LogP contribution < -0.4 is 16.6 Å². The van der Waals surface area contributed by atoms with Crippen molar-refractivity contribution in [2.75, 3.05) is 31.9 Å². The van der Waals surface area contributed by atoms with Crippen LogP contribution in [0.1, 0.15) is 19.4 Å². The van der Waals surface area contributed by atoms with Crippen molar-refractivity contribution in [1.82, 2.24) is 34.7 Å². The largest absolute Gasteiger partial charge is 0.383 e. The summed E-state index contributed by atoms with van der Waals surface area (Å²) < 4.78 is 2.02. The van der Waals surface area contributed by atoms with Gasteiger partial charge in [0.25, 0.3) is 0 Å². The van der Waals surface area contributed by atoms with Crippen molar-refractivity contribution in [2.24, 2.45) is 0 Å². The van der Waals surface area contributed by atoms with Gasteiger partial charge in [-0.15, -0.1) is 0 Å². The van der Waals surface area contributed by atoms with Gasteiger partial charge in [0.2, 0.25) is 5.56 Å². The smallest absolute Gasteiger partial charge is 0.247 e. The fourth-order valence-corrected chi connectivity index (χ4v) is 4.60. The Morgan fingerprint density at radius 1 is 0.947 bits per heavy atom. The minimum absolute atomic E-state index is 0.153. The molecule has 1 saturated heterocycles. The molecule has 1 aliphatic heterocycles. The Hall–Kier alpha value is -4.34. The van der Waals surface area contributed by atoms with Crippen molar-refractivity contribution in [1.29, 1.82) is 0 Å². The third-order valence-electron chi connectivity index (χ3n) is 6.47. The number of hydrogen-bond acceptors (Lipinski definition) is 7. The Labute approximate surface area is 221 Å². The second kappa shape index (κ2) is 11.4. The highest BCUT2D eigenvalue weighted by atomic mass is 16.1. The van der Waals surface area contributed by atoms with Gasteiger partial charge >= 0.3 is 0 Å². The number of aromatic nitrogens is 5. The topological polar surface area (TPSA) is 118 Å². The molecule has 0 aliphatic carbocycles. The summed E-state index contributed by atoms with van der Waals surface area (Å²) in [6.07, 6.45) is 3.34. The molecule has 0 spiro atoms. The maximum atomic E-state index is 11.5. The third kappa shape index (κ3) is 5.20. The van der Waals surface area contributed by atoms with E-state index in [1.807, 2.05) is 42.7 Å². The van der Waals surface area contributed by atoms with E-state index in [2.05, 4.69) is 44.5 Å². The van der Waals surface area contributed by atoms with Gasteiger partial charge in [-0.05, 0) is 48.0 Å². The minimum Gasteiger partial charge on any atom is -0.383 e. The molecule has 194 valence electrons. The first-order chi connectivity index (χ1) is 18.7. The standard InChI is InChI=1S/C27H26N8O.C2H6/c28-25-21(2-1-11-30-25)26-33-23-9-8-22(19-5-10-24(36)31-16-19)32-27(23)35(26)20-6-3-18(4-7-20)17-34-14-12-29-13-15-34;1-2/h1-11,16,29H,12-15,17H2,(H2,28,30)(H,31,36);1-2H3. The first kappa shape index (κ1) is 25.3. The molecule has 4 N–H and O–H groups in total. The number of nitrogens with one attached hydrogen (secondary N) is 2. The Morgan fingerprint density at radius 3 is 2.45 bits per heavy atom. The maximum absolute atomic E-state index is 11.5. The zero-order chi connectivity index (χ0) is 26.5. The molecule has 0 saturated carbocycles. The van der Waals surface area contributed by atoms with Crippen LogP contribution >= 0.6 is 0 Å². The zero-order valence-electron chi connectivity index (χ0n) is 21.7. The number of aromatic amines is 1. The summed E-state index contributed by atoms with van der Waals surface area (Å²) in [6.45, 7) is 9.08. The molecule has 1 aliphatic rings. The number of hydrogen-bond donors (Lipinski definition) is 3. The first-order valence-electron chi connectivity index (χ1n) is 13.0. The molecule has 6 rings (SSSR count). The predicted molar refractivity (Wildman–Crippen MR) is 152 cm³/mol. The molecule has 5 heterocycles. The second-order valence-corrected chi connectivity index (χ2v) is 8.88. The van der Waals surface area contributed by atoms with Gasteiger partial charge < -0.3 is 16.0 Å². The fourth-order valence-electron chi connectivity index (χ4n) is 4.60. The average Bonchev–Trinajstić information content (AvgIpc) is 3.34. The number of fused-ring (bicyclic) bond motifs is 1. The molecule has 9 nitrogen and oxygen atoms in total.